The number of hydrogen-bond donors (Lipinski definition) is 3. The van der Waals surface area contributed by atoms with Crippen LogP contribution in [0.3, 0.4) is 0 Å². The van der Waals surface area contributed by atoms with E-state index in [9.17, 15) is 24.3 Å². The molecular weight excluding hydrogens is 483 g/mol. The van der Waals surface area contributed by atoms with Gasteiger partial charge in [-0.05, 0) is 30.5 Å². The highest BCUT2D eigenvalue weighted by Crippen LogP contribution is 2.30. The number of carbonyl (C=O) groups excluding carboxylic acids is 1. The highest BCUT2D eigenvalue weighted by Gasteiger charge is 2.30. The van der Waals surface area contributed by atoms with Crippen LogP contribution in [0.4, 0.5) is 17.1 Å². The van der Waals surface area contributed by atoms with Gasteiger partial charge in [0.15, 0.2) is 0 Å². The molecule has 1 amide bonds. The molecule has 1 aromatic heterocycles. The lowest BCUT2D eigenvalue weighted by Gasteiger charge is -2.26. The van der Waals surface area contributed by atoms with Crippen LogP contribution in [0.5, 0.6) is 0 Å². The van der Waals surface area contributed by atoms with Crippen LogP contribution in [0.25, 0.3) is 0 Å². The third kappa shape index (κ3) is 4.76. The van der Waals surface area contributed by atoms with Crippen molar-refractivity contribution in [1.82, 2.24) is 4.98 Å². The van der Waals surface area contributed by atoms with Crippen molar-refractivity contribution in [3.05, 3.63) is 78.3 Å². The fraction of sp³-hybridized carbons (Fsp3) is 0.261. The molecule has 2 aromatic carbocycles. The Labute approximate surface area is 204 Å². The van der Waals surface area contributed by atoms with Crippen molar-refractivity contribution in [3.63, 3.8) is 0 Å². The minimum atomic E-state index is -1.07. The first-order valence-electron chi connectivity index (χ1n) is 10.5. The smallest absolute Gasteiger partial charge is 0.305 e. The van der Waals surface area contributed by atoms with E-state index in [0.717, 1.165) is 12.8 Å². The van der Waals surface area contributed by atoms with Crippen molar-refractivity contribution >= 4 is 52.1 Å². The number of hydrogen-bond acceptors (Lipinski definition) is 7. The van der Waals surface area contributed by atoms with Gasteiger partial charge in [-0.25, -0.2) is 0 Å². The summed E-state index contributed by atoms with van der Waals surface area (Å²) >= 11 is 12.0. The van der Waals surface area contributed by atoms with Crippen LogP contribution in [-0.2, 0) is 4.79 Å². The number of amides is 1. The molecule has 2 heterocycles. The van der Waals surface area contributed by atoms with Crippen LogP contribution in [0, 0.1) is 0 Å². The zero-order valence-electron chi connectivity index (χ0n) is 17.8. The van der Waals surface area contributed by atoms with E-state index in [1.165, 1.54) is 12.4 Å². The summed E-state index contributed by atoms with van der Waals surface area (Å²) in [4.78, 5) is 54.1. The molecule has 0 spiro atoms. The maximum atomic E-state index is 12.6. The lowest BCUT2D eigenvalue weighted by Crippen LogP contribution is -2.42. The van der Waals surface area contributed by atoms with Crippen LogP contribution in [0.15, 0.2) is 46.2 Å². The van der Waals surface area contributed by atoms with Crippen molar-refractivity contribution in [1.29, 1.82) is 0 Å². The zero-order chi connectivity index (χ0) is 24.4. The van der Waals surface area contributed by atoms with Crippen LogP contribution in [0.2, 0.25) is 10.0 Å². The molecule has 0 radical (unpaired) electrons. The molecule has 3 N–H and O–H groups in total. The molecule has 176 valence electrons. The Morgan fingerprint density at radius 2 is 1.65 bits per heavy atom. The maximum Gasteiger partial charge on any atom is 0.305 e. The van der Waals surface area contributed by atoms with E-state index < -0.39 is 28.8 Å². The van der Waals surface area contributed by atoms with Gasteiger partial charge in [0.05, 0.1) is 28.1 Å². The summed E-state index contributed by atoms with van der Waals surface area (Å²) in [6, 6.07) is 5.70. The van der Waals surface area contributed by atoms with Crippen LogP contribution < -0.4 is 26.4 Å². The number of carbonyl (C=O) groups is 2. The first-order valence-corrected chi connectivity index (χ1v) is 11.3. The Hall–Kier alpha value is -3.43. The molecule has 1 unspecified atom stereocenters. The topological polar surface area (TPSA) is 129 Å². The third-order valence-electron chi connectivity index (χ3n) is 5.66. The number of nitrogens with one attached hydrogen (secondary N) is 2. The molecule has 11 heteroatoms. The van der Waals surface area contributed by atoms with Gasteiger partial charge in [0, 0.05) is 31.2 Å². The van der Waals surface area contributed by atoms with Gasteiger partial charge < -0.3 is 20.6 Å². The number of nitrogens with zero attached hydrogens (tertiary/aromatic N) is 2. The Kier molecular flexibility index (Phi) is 6.85. The van der Waals surface area contributed by atoms with Crippen molar-refractivity contribution in [3.8, 4) is 0 Å². The lowest BCUT2D eigenvalue weighted by molar-refractivity contribution is -0.137. The number of pyridine rings is 1. The van der Waals surface area contributed by atoms with Gasteiger partial charge in [-0.2, -0.15) is 0 Å². The second-order valence-electron chi connectivity index (χ2n) is 7.93. The van der Waals surface area contributed by atoms with Gasteiger partial charge in [0.25, 0.3) is 16.8 Å². The molecule has 1 aliphatic heterocycles. The average molecular weight is 503 g/mol. The monoisotopic (exact) mass is 502 g/mol. The molecule has 4 rings (SSSR count). The summed E-state index contributed by atoms with van der Waals surface area (Å²) in [5.74, 6) is -1.59. The van der Waals surface area contributed by atoms with Crippen LogP contribution >= 0.6 is 23.2 Å². The van der Waals surface area contributed by atoms with E-state index >= 15 is 0 Å². The number of rotatable bonds is 8. The molecule has 1 aliphatic rings. The predicted octanol–water partition coefficient (Wildman–Crippen LogP) is 3.46. The van der Waals surface area contributed by atoms with Gasteiger partial charge in [-0.1, -0.05) is 35.3 Å². The first kappa shape index (κ1) is 23.7. The molecule has 0 aliphatic carbocycles. The fourth-order valence-corrected chi connectivity index (χ4v) is 4.51. The lowest BCUT2D eigenvalue weighted by atomic mass is 10.0. The number of anilines is 3. The quantitative estimate of drug-likeness (QED) is 0.399. The predicted molar refractivity (Wildman–Crippen MR) is 130 cm³/mol. The van der Waals surface area contributed by atoms with Gasteiger partial charge >= 0.3 is 5.97 Å². The third-order valence-corrected chi connectivity index (χ3v) is 6.23. The molecular formula is C23H20Cl2N4O5. The number of benzene rings is 1. The zero-order valence-corrected chi connectivity index (χ0v) is 19.3. The number of carboxylic acids is 1. The molecule has 34 heavy (non-hydrogen) atoms. The Morgan fingerprint density at radius 3 is 2.24 bits per heavy atom. The van der Waals surface area contributed by atoms with E-state index in [2.05, 4.69) is 15.6 Å². The van der Waals surface area contributed by atoms with E-state index in [4.69, 9.17) is 23.2 Å². The second-order valence-corrected chi connectivity index (χ2v) is 8.74. The minimum Gasteiger partial charge on any atom is -0.481 e. The number of halogens is 2. The standard InChI is InChI=1S/C23H20Cl2N4O5/c24-14-10-26-11-15(25)18(14)23(34)27-13-5-3-12(4-6-13)16(9-17(30)31)28-19-20(22(33)21(19)32)29-7-1-2-8-29/h3-6,10-11,16,28H,1-2,7-9H2,(H,27,34)(H,30,31). The van der Waals surface area contributed by atoms with Crippen molar-refractivity contribution in [2.24, 2.45) is 0 Å². The summed E-state index contributed by atoms with van der Waals surface area (Å²) in [6.07, 6.45) is 4.17. The average Bonchev–Trinajstić information content (AvgIpc) is 3.32. The minimum absolute atomic E-state index is 0.0855. The molecule has 9 nitrogen and oxygen atoms in total. The fourth-order valence-electron chi connectivity index (χ4n) is 3.98. The molecule has 1 fully saturated rings. The summed E-state index contributed by atoms with van der Waals surface area (Å²) in [6.45, 7) is 1.37. The van der Waals surface area contributed by atoms with Crippen molar-refractivity contribution in [2.45, 2.75) is 25.3 Å². The van der Waals surface area contributed by atoms with E-state index in [0.29, 0.717) is 30.0 Å². The largest absolute Gasteiger partial charge is 0.481 e. The van der Waals surface area contributed by atoms with Crippen molar-refractivity contribution in [2.75, 3.05) is 28.6 Å². The summed E-state index contributed by atoms with van der Waals surface area (Å²) in [7, 11) is 0. The molecule has 0 saturated carbocycles. The summed E-state index contributed by atoms with van der Waals surface area (Å²) < 4.78 is 0. The van der Waals surface area contributed by atoms with Gasteiger partial charge in [-0.3, -0.25) is 24.2 Å². The van der Waals surface area contributed by atoms with Gasteiger partial charge in [-0.15, -0.1) is 0 Å². The molecule has 1 atom stereocenters. The summed E-state index contributed by atoms with van der Waals surface area (Å²) in [5, 5.41) is 15.2. The number of aromatic nitrogens is 1. The molecule has 1 saturated heterocycles. The highest BCUT2D eigenvalue weighted by atomic mass is 35.5. The van der Waals surface area contributed by atoms with E-state index in [1.807, 2.05) is 4.90 Å². The first-order chi connectivity index (χ1) is 16.3. The van der Waals surface area contributed by atoms with Crippen LogP contribution in [0.1, 0.15) is 41.2 Å². The second kappa shape index (κ2) is 9.82. The van der Waals surface area contributed by atoms with Gasteiger partial charge in [0.1, 0.15) is 11.4 Å². The van der Waals surface area contributed by atoms with E-state index in [1.54, 1.807) is 24.3 Å². The molecule has 0 bridgehead atoms. The Bertz CT molecular complexity index is 1290. The number of carboxylic acid groups (broad SMARTS) is 1. The van der Waals surface area contributed by atoms with Crippen molar-refractivity contribution < 1.29 is 14.7 Å². The normalized spacial score (nSPS) is 14.2. The molecule has 3 aromatic rings. The highest BCUT2D eigenvalue weighted by molar-refractivity contribution is 6.40. The van der Waals surface area contributed by atoms with Crippen LogP contribution in [-0.4, -0.2) is 35.1 Å². The number of aliphatic carboxylic acids is 1. The maximum absolute atomic E-state index is 12.6. The Balaban J connectivity index is 1.54. The summed E-state index contributed by atoms with van der Waals surface area (Å²) in [5.41, 5.74) is 0.365. The van der Waals surface area contributed by atoms with Gasteiger partial charge in [0.2, 0.25) is 0 Å². The SMILES string of the molecule is O=C(O)CC(Nc1c(N2CCCC2)c(=O)c1=O)c1ccc(NC(=O)c2c(Cl)cncc2Cl)cc1. The van der Waals surface area contributed by atoms with E-state index in [-0.39, 0.29) is 27.7 Å². The Morgan fingerprint density at radius 1 is 1.03 bits per heavy atom.